The molecule has 5 nitrogen and oxygen atoms in total. The second kappa shape index (κ2) is 6.54. The van der Waals surface area contributed by atoms with Crippen LogP contribution in [0.5, 0.6) is 0 Å². The van der Waals surface area contributed by atoms with Crippen LogP contribution in [0.15, 0.2) is 30.3 Å². The largest absolute Gasteiger partial charge is 0.396 e. The number of benzene rings is 1. The Morgan fingerprint density at radius 1 is 1.35 bits per heavy atom. The summed E-state index contributed by atoms with van der Waals surface area (Å²) in [6.45, 7) is 6.22. The van der Waals surface area contributed by atoms with Crippen molar-refractivity contribution < 1.29 is 9.90 Å². The summed E-state index contributed by atoms with van der Waals surface area (Å²) >= 11 is 0. The fourth-order valence-electron chi connectivity index (χ4n) is 3.16. The monoisotopic (exact) mass is 313 g/mol. The number of hydrogen-bond donors (Lipinski definition) is 1. The number of aryl methyl sites for hydroxylation is 2. The first-order chi connectivity index (χ1) is 11.1. The lowest BCUT2D eigenvalue weighted by Crippen LogP contribution is -2.29. The molecule has 1 unspecified atom stereocenters. The van der Waals surface area contributed by atoms with E-state index in [0.29, 0.717) is 18.7 Å². The van der Waals surface area contributed by atoms with Crippen LogP contribution in [-0.4, -0.2) is 45.4 Å². The van der Waals surface area contributed by atoms with Gasteiger partial charge in [-0.05, 0) is 44.0 Å². The predicted molar refractivity (Wildman–Crippen MR) is 88.3 cm³/mol. The van der Waals surface area contributed by atoms with E-state index < -0.39 is 0 Å². The maximum Gasteiger partial charge on any atom is 0.253 e. The zero-order chi connectivity index (χ0) is 16.4. The number of aromatic nitrogens is 2. The van der Waals surface area contributed by atoms with Crippen molar-refractivity contribution in [1.82, 2.24) is 14.7 Å². The summed E-state index contributed by atoms with van der Waals surface area (Å²) in [4.78, 5) is 14.4. The Balaban J connectivity index is 1.75. The average molecular weight is 313 g/mol. The number of carbonyl (C=O) groups is 1. The zero-order valence-corrected chi connectivity index (χ0v) is 13.7. The molecule has 5 heteroatoms. The third kappa shape index (κ3) is 3.45. The Morgan fingerprint density at radius 2 is 2.17 bits per heavy atom. The fraction of sp³-hybridized carbons (Fsp3) is 0.444. The van der Waals surface area contributed by atoms with Crippen molar-refractivity contribution in [1.29, 1.82) is 0 Å². The standard InChI is InChI=1S/C18H23N3O2/c1-13-8-14(2)21(19-13)11-15-4-3-5-17(9-15)18(23)20-7-6-16(10-20)12-22/h3-5,8-9,16,22H,6-7,10-12H2,1-2H3. The molecule has 0 spiro atoms. The van der Waals surface area contributed by atoms with E-state index >= 15 is 0 Å². The van der Waals surface area contributed by atoms with Crippen LogP contribution in [0.25, 0.3) is 0 Å². The van der Waals surface area contributed by atoms with E-state index in [1.165, 1.54) is 0 Å². The van der Waals surface area contributed by atoms with Crippen LogP contribution in [0, 0.1) is 19.8 Å². The van der Waals surface area contributed by atoms with Gasteiger partial charge in [-0.1, -0.05) is 12.1 Å². The third-order valence-electron chi connectivity index (χ3n) is 4.44. The highest BCUT2D eigenvalue weighted by Crippen LogP contribution is 2.19. The molecule has 2 heterocycles. The summed E-state index contributed by atoms with van der Waals surface area (Å²) < 4.78 is 1.95. The molecular weight excluding hydrogens is 290 g/mol. The molecule has 1 aliphatic rings. The third-order valence-corrected chi connectivity index (χ3v) is 4.44. The second-order valence-corrected chi connectivity index (χ2v) is 6.37. The van der Waals surface area contributed by atoms with Gasteiger partial charge >= 0.3 is 0 Å². The van der Waals surface area contributed by atoms with E-state index in [9.17, 15) is 9.90 Å². The predicted octanol–water partition coefficient (Wildman–Crippen LogP) is 2.00. The number of likely N-dealkylation sites (tertiary alicyclic amines) is 1. The van der Waals surface area contributed by atoms with Gasteiger partial charge in [0.05, 0.1) is 12.2 Å². The molecular formula is C18H23N3O2. The van der Waals surface area contributed by atoms with Gasteiger partial charge in [0, 0.05) is 36.9 Å². The minimum Gasteiger partial charge on any atom is -0.396 e. The minimum atomic E-state index is 0.0520. The molecule has 1 aliphatic heterocycles. The average Bonchev–Trinajstić information content (AvgIpc) is 3.14. The first kappa shape index (κ1) is 15.7. The van der Waals surface area contributed by atoms with Crippen molar-refractivity contribution in [3.8, 4) is 0 Å². The highest BCUT2D eigenvalue weighted by Gasteiger charge is 2.26. The molecule has 122 valence electrons. The van der Waals surface area contributed by atoms with E-state index in [2.05, 4.69) is 5.10 Å². The van der Waals surface area contributed by atoms with Gasteiger partial charge in [-0.25, -0.2) is 0 Å². The van der Waals surface area contributed by atoms with E-state index in [1.54, 1.807) is 0 Å². The molecule has 0 bridgehead atoms. The van der Waals surface area contributed by atoms with Crippen LogP contribution in [0.4, 0.5) is 0 Å². The summed E-state index contributed by atoms with van der Waals surface area (Å²) in [5.41, 5.74) is 3.90. The van der Waals surface area contributed by atoms with Gasteiger partial charge in [0.15, 0.2) is 0 Å². The molecule has 0 saturated carbocycles. The zero-order valence-electron chi connectivity index (χ0n) is 13.7. The SMILES string of the molecule is Cc1cc(C)n(Cc2cccc(C(=O)N3CCC(CO)C3)c2)n1. The fourth-order valence-corrected chi connectivity index (χ4v) is 3.16. The molecule has 1 fully saturated rings. The van der Waals surface area contributed by atoms with E-state index in [1.807, 2.05) is 53.8 Å². The number of aliphatic hydroxyl groups is 1. The van der Waals surface area contributed by atoms with Crippen LogP contribution in [0.1, 0.15) is 33.7 Å². The molecule has 1 atom stereocenters. The molecule has 1 N–H and O–H groups in total. The lowest BCUT2D eigenvalue weighted by molar-refractivity contribution is 0.0781. The lowest BCUT2D eigenvalue weighted by atomic mass is 10.1. The van der Waals surface area contributed by atoms with Gasteiger partial charge in [0.25, 0.3) is 5.91 Å². The number of hydrogen-bond acceptors (Lipinski definition) is 3. The van der Waals surface area contributed by atoms with E-state index in [0.717, 1.165) is 29.9 Å². The van der Waals surface area contributed by atoms with Gasteiger partial charge < -0.3 is 10.0 Å². The van der Waals surface area contributed by atoms with Gasteiger partial charge in [-0.15, -0.1) is 0 Å². The highest BCUT2D eigenvalue weighted by molar-refractivity contribution is 5.94. The molecule has 2 aromatic rings. The normalized spacial score (nSPS) is 17.7. The number of carbonyl (C=O) groups excluding carboxylic acids is 1. The number of rotatable bonds is 4. The lowest BCUT2D eigenvalue weighted by Gasteiger charge is -2.16. The van der Waals surface area contributed by atoms with E-state index in [4.69, 9.17) is 0 Å². The second-order valence-electron chi connectivity index (χ2n) is 6.37. The van der Waals surface area contributed by atoms with Crippen LogP contribution >= 0.6 is 0 Å². The van der Waals surface area contributed by atoms with Crippen molar-refractivity contribution in [3.63, 3.8) is 0 Å². The molecule has 1 aromatic heterocycles. The first-order valence-corrected chi connectivity index (χ1v) is 8.07. The number of nitrogens with zero attached hydrogens (tertiary/aromatic N) is 3. The molecule has 3 rings (SSSR count). The molecule has 0 radical (unpaired) electrons. The van der Waals surface area contributed by atoms with Crippen LogP contribution in [0.2, 0.25) is 0 Å². The Labute approximate surface area is 136 Å². The summed E-state index contributed by atoms with van der Waals surface area (Å²) in [6.07, 6.45) is 0.883. The number of aliphatic hydroxyl groups excluding tert-OH is 1. The van der Waals surface area contributed by atoms with Crippen molar-refractivity contribution in [2.24, 2.45) is 5.92 Å². The summed E-state index contributed by atoms with van der Waals surface area (Å²) in [6, 6.07) is 9.81. The van der Waals surface area contributed by atoms with Gasteiger partial charge in [-0.2, -0.15) is 5.10 Å². The highest BCUT2D eigenvalue weighted by atomic mass is 16.3. The molecule has 23 heavy (non-hydrogen) atoms. The maximum atomic E-state index is 12.6. The van der Waals surface area contributed by atoms with Crippen molar-refractivity contribution in [2.75, 3.05) is 19.7 Å². The van der Waals surface area contributed by atoms with Gasteiger partial charge in [-0.3, -0.25) is 9.48 Å². The molecule has 1 saturated heterocycles. The summed E-state index contributed by atoms with van der Waals surface area (Å²) in [5.74, 6) is 0.271. The van der Waals surface area contributed by atoms with Crippen molar-refractivity contribution in [3.05, 3.63) is 52.8 Å². The maximum absolute atomic E-state index is 12.6. The molecule has 0 aliphatic carbocycles. The Morgan fingerprint density at radius 3 is 2.83 bits per heavy atom. The van der Waals surface area contributed by atoms with Gasteiger partial charge in [0.1, 0.15) is 0 Å². The van der Waals surface area contributed by atoms with Crippen LogP contribution in [-0.2, 0) is 6.54 Å². The molecule has 1 aromatic carbocycles. The topological polar surface area (TPSA) is 58.4 Å². The first-order valence-electron chi connectivity index (χ1n) is 8.07. The van der Waals surface area contributed by atoms with Crippen molar-refractivity contribution >= 4 is 5.91 Å². The minimum absolute atomic E-state index is 0.0520. The Hall–Kier alpha value is -2.14. The molecule has 1 amide bonds. The van der Waals surface area contributed by atoms with Crippen LogP contribution in [0.3, 0.4) is 0 Å². The summed E-state index contributed by atoms with van der Waals surface area (Å²) in [5, 5.41) is 13.7. The Bertz CT molecular complexity index is 708. The van der Waals surface area contributed by atoms with E-state index in [-0.39, 0.29) is 18.4 Å². The van der Waals surface area contributed by atoms with Crippen molar-refractivity contribution in [2.45, 2.75) is 26.8 Å². The Kier molecular flexibility index (Phi) is 4.48. The smallest absolute Gasteiger partial charge is 0.253 e. The quantitative estimate of drug-likeness (QED) is 0.939. The van der Waals surface area contributed by atoms with Gasteiger partial charge in [0.2, 0.25) is 0 Å². The summed E-state index contributed by atoms with van der Waals surface area (Å²) in [7, 11) is 0. The number of amides is 1. The van der Waals surface area contributed by atoms with Crippen LogP contribution < -0.4 is 0 Å².